The zero-order valence-electron chi connectivity index (χ0n) is 7.66. The molecule has 0 saturated carbocycles. The second-order valence-corrected chi connectivity index (χ2v) is 3.63. The molecule has 2 rings (SSSR count). The average molecular weight is 256 g/mol. The fraction of sp³-hybridized carbons (Fsp3) is 0.250. The number of hydrogen-bond donors (Lipinski definition) is 2. The molecule has 5 nitrogen and oxygen atoms in total. The van der Waals surface area contributed by atoms with Crippen molar-refractivity contribution in [2.75, 3.05) is 12.8 Å². The molecule has 0 aliphatic carbocycles. The maximum absolute atomic E-state index is 5.74. The van der Waals surface area contributed by atoms with E-state index >= 15 is 0 Å². The fourth-order valence-corrected chi connectivity index (χ4v) is 1.96. The summed E-state index contributed by atoms with van der Waals surface area (Å²) in [5, 5.41) is 3.04. The molecule has 0 fully saturated rings. The van der Waals surface area contributed by atoms with Crippen molar-refractivity contribution in [2.24, 2.45) is 0 Å². The van der Waals surface area contributed by atoms with Crippen LogP contribution in [-0.4, -0.2) is 21.4 Å². The van der Waals surface area contributed by atoms with Gasteiger partial charge < -0.3 is 11.1 Å². The largest absolute Gasteiger partial charge is 0.382 e. The Morgan fingerprint density at radius 1 is 1.64 bits per heavy atom. The Kier molecular flexibility index (Phi) is 2.39. The van der Waals surface area contributed by atoms with Crippen LogP contribution in [-0.2, 0) is 6.54 Å². The van der Waals surface area contributed by atoms with Gasteiger partial charge in [-0.1, -0.05) is 0 Å². The van der Waals surface area contributed by atoms with Gasteiger partial charge in [-0.2, -0.15) is 0 Å². The molecule has 0 atom stereocenters. The summed E-state index contributed by atoms with van der Waals surface area (Å²) in [6.45, 7) is 0.691. The van der Waals surface area contributed by atoms with E-state index in [1.807, 2.05) is 17.6 Å². The Morgan fingerprint density at radius 2 is 2.43 bits per heavy atom. The van der Waals surface area contributed by atoms with Gasteiger partial charge in [0.05, 0.1) is 6.54 Å². The number of fused-ring (bicyclic) bond motifs is 1. The summed E-state index contributed by atoms with van der Waals surface area (Å²) in [5.74, 6) is 1.39. The van der Waals surface area contributed by atoms with Gasteiger partial charge in [0.2, 0.25) is 0 Å². The van der Waals surface area contributed by atoms with Crippen molar-refractivity contribution < 1.29 is 0 Å². The second kappa shape index (κ2) is 3.55. The summed E-state index contributed by atoms with van der Waals surface area (Å²) in [5.41, 5.74) is 6.56. The molecule has 2 aromatic heterocycles. The highest BCUT2D eigenvalue weighted by Crippen LogP contribution is 2.22. The van der Waals surface area contributed by atoms with E-state index < -0.39 is 0 Å². The Morgan fingerprint density at radius 3 is 3.14 bits per heavy atom. The van der Waals surface area contributed by atoms with Crippen molar-refractivity contribution in [3.8, 4) is 0 Å². The van der Waals surface area contributed by atoms with Gasteiger partial charge in [0.1, 0.15) is 15.9 Å². The number of nitrogens with one attached hydrogen (secondary N) is 1. The Labute approximate surface area is 89.5 Å². The molecule has 0 spiro atoms. The molecule has 0 radical (unpaired) electrons. The molecule has 3 N–H and O–H groups in total. The minimum Gasteiger partial charge on any atom is -0.382 e. The number of nitrogen functional groups attached to an aromatic ring is 1. The highest BCUT2D eigenvalue weighted by Gasteiger charge is 2.10. The van der Waals surface area contributed by atoms with Crippen LogP contribution in [0, 0.1) is 0 Å². The van der Waals surface area contributed by atoms with Crippen molar-refractivity contribution >= 4 is 27.3 Å². The number of hydrogen-bond acceptors (Lipinski definition) is 4. The third-order valence-corrected chi connectivity index (χ3v) is 2.50. The monoisotopic (exact) mass is 255 g/mol. The van der Waals surface area contributed by atoms with E-state index in [2.05, 4.69) is 31.2 Å². The number of halogens is 1. The fourth-order valence-electron chi connectivity index (χ4n) is 1.36. The van der Waals surface area contributed by atoms with Crippen molar-refractivity contribution in [3.63, 3.8) is 0 Å². The maximum atomic E-state index is 5.74. The van der Waals surface area contributed by atoms with E-state index in [4.69, 9.17) is 5.73 Å². The van der Waals surface area contributed by atoms with Gasteiger partial charge in [-0.05, 0) is 23.0 Å². The van der Waals surface area contributed by atoms with Gasteiger partial charge in [0, 0.05) is 12.4 Å². The van der Waals surface area contributed by atoms with Crippen LogP contribution in [0.1, 0.15) is 5.82 Å². The Hall–Kier alpha value is -1.14. The van der Waals surface area contributed by atoms with Crippen molar-refractivity contribution in [1.82, 2.24) is 19.7 Å². The van der Waals surface area contributed by atoms with Gasteiger partial charge in [0.15, 0.2) is 5.82 Å². The van der Waals surface area contributed by atoms with Crippen LogP contribution in [0.15, 0.2) is 17.0 Å². The Balaban J connectivity index is 2.71. The van der Waals surface area contributed by atoms with E-state index in [9.17, 15) is 0 Å². The number of rotatable bonds is 2. The molecule has 0 amide bonds. The van der Waals surface area contributed by atoms with E-state index in [1.54, 1.807) is 6.20 Å². The number of imidazole rings is 1. The molecule has 2 heterocycles. The summed E-state index contributed by atoms with van der Waals surface area (Å²) in [6, 6.07) is 0. The number of nitrogens with zero attached hydrogens (tertiary/aromatic N) is 3. The lowest BCUT2D eigenvalue weighted by Crippen LogP contribution is -2.09. The van der Waals surface area contributed by atoms with Gasteiger partial charge >= 0.3 is 0 Å². The van der Waals surface area contributed by atoms with Crippen LogP contribution < -0.4 is 11.1 Å². The van der Waals surface area contributed by atoms with Crippen LogP contribution >= 0.6 is 15.9 Å². The van der Waals surface area contributed by atoms with Crippen LogP contribution in [0.4, 0.5) is 5.82 Å². The van der Waals surface area contributed by atoms with Crippen molar-refractivity contribution in [2.45, 2.75) is 6.54 Å². The minimum atomic E-state index is 0.481. The highest BCUT2D eigenvalue weighted by molar-refractivity contribution is 9.10. The third kappa shape index (κ3) is 1.36. The quantitative estimate of drug-likeness (QED) is 0.833. The zero-order valence-corrected chi connectivity index (χ0v) is 9.24. The lowest BCUT2D eigenvalue weighted by Gasteiger charge is -2.00. The lowest BCUT2D eigenvalue weighted by atomic mass is 10.5. The highest BCUT2D eigenvalue weighted by atomic mass is 79.9. The minimum absolute atomic E-state index is 0.481. The SMILES string of the molecule is CNCc1nc(Br)c2c(N)nccn12. The molecular weight excluding hydrogens is 246 g/mol. The second-order valence-electron chi connectivity index (χ2n) is 2.88. The molecule has 0 aliphatic rings. The zero-order chi connectivity index (χ0) is 10.1. The molecule has 74 valence electrons. The predicted octanol–water partition coefficient (Wildman–Crippen LogP) is 0.793. The molecule has 2 aromatic rings. The molecule has 14 heavy (non-hydrogen) atoms. The first kappa shape index (κ1) is 9.42. The van der Waals surface area contributed by atoms with E-state index in [0.717, 1.165) is 15.9 Å². The van der Waals surface area contributed by atoms with E-state index in [1.165, 1.54) is 0 Å². The topological polar surface area (TPSA) is 68.2 Å². The van der Waals surface area contributed by atoms with Crippen LogP contribution in [0.3, 0.4) is 0 Å². The molecule has 6 heteroatoms. The number of anilines is 1. The van der Waals surface area contributed by atoms with Gasteiger partial charge in [-0.25, -0.2) is 9.97 Å². The number of nitrogens with two attached hydrogens (primary N) is 1. The molecular formula is C8H10BrN5. The first-order valence-corrected chi connectivity index (χ1v) is 4.95. The smallest absolute Gasteiger partial charge is 0.150 e. The van der Waals surface area contributed by atoms with E-state index in [-0.39, 0.29) is 0 Å². The lowest BCUT2D eigenvalue weighted by molar-refractivity contribution is 0.753. The Bertz CT molecular complexity index is 464. The van der Waals surface area contributed by atoms with Crippen molar-refractivity contribution in [1.29, 1.82) is 0 Å². The van der Waals surface area contributed by atoms with Gasteiger partial charge in [-0.3, -0.25) is 4.40 Å². The van der Waals surface area contributed by atoms with Crippen LogP contribution in [0.25, 0.3) is 5.52 Å². The first-order valence-electron chi connectivity index (χ1n) is 4.15. The van der Waals surface area contributed by atoms with Crippen molar-refractivity contribution in [3.05, 3.63) is 22.8 Å². The van der Waals surface area contributed by atoms with Crippen LogP contribution in [0.2, 0.25) is 0 Å². The van der Waals surface area contributed by atoms with Crippen LogP contribution in [0.5, 0.6) is 0 Å². The molecule has 0 bridgehead atoms. The molecule has 0 unspecified atom stereocenters. The summed E-state index contributed by atoms with van der Waals surface area (Å²) in [7, 11) is 1.87. The molecule has 0 aromatic carbocycles. The summed E-state index contributed by atoms with van der Waals surface area (Å²) >= 11 is 3.36. The first-order chi connectivity index (χ1) is 6.74. The number of aromatic nitrogens is 3. The summed E-state index contributed by atoms with van der Waals surface area (Å²) in [6.07, 6.45) is 3.51. The van der Waals surface area contributed by atoms with Gasteiger partial charge in [0.25, 0.3) is 0 Å². The van der Waals surface area contributed by atoms with E-state index in [0.29, 0.717) is 12.4 Å². The predicted molar refractivity (Wildman–Crippen MR) is 57.9 cm³/mol. The normalized spacial score (nSPS) is 11.0. The third-order valence-electron chi connectivity index (χ3n) is 1.95. The molecule has 0 saturated heterocycles. The average Bonchev–Trinajstić information content (AvgIpc) is 2.46. The standard InChI is InChI=1S/C8H10BrN5/c1-11-4-5-13-7(9)6-8(10)12-2-3-14(5)6/h2-3,11H,4H2,1H3,(H2,10,12). The summed E-state index contributed by atoms with van der Waals surface area (Å²) in [4.78, 5) is 8.35. The maximum Gasteiger partial charge on any atom is 0.150 e. The molecule has 0 aliphatic heterocycles. The summed E-state index contributed by atoms with van der Waals surface area (Å²) < 4.78 is 2.65. The van der Waals surface area contributed by atoms with Gasteiger partial charge in [-0.15, -0.1) is 0 Å².